The molecule has 2 atom stereocenters. The molecule has 3 N–H and O–H groups in total. The van der Waals surface area contributed by atoms with Gasteiger partial charge in [0.1, 0.15) is 11.5 Å². The van der Waals surface area contributed by atoms with Crippen molar-refractivity contribution < 1.29 is 10.2 Å². The molecule has 0 bridgehead atoms. The molecule has 0 fully saturated rings. The number of fused-ring (bicyclic) bond motifs is 1. The van der Waals surface area contributed by atoms with Crippen molar-refractivity contribution in [2.75, 3.05) is 5.32 Å². The summed E-state index contributed by atoms with van der Waals surface area (Å²) in [6.45, 7) is 4.26. The third-order valence-corrected chi connectivity index (χ3v) is 4.50. The monoisotopic (exact) mass is 303 g/mol. The Balaban J connectivity index is 1.96. The van der Waals surface area contributed by atoms with Crippen molar-refractivity contribution in [2.45, 2.75) is 32.2 Å². The van der Waals surface area contributed by atoms with Crippen LogP contribution >= 0.6 is 11.6 Å². The van der Waals surface area contributed by atoms with Gasteiger partial charge in [-0.25, -0.2) is 0 Å². The number of phenolic OH excluding ortho intramolecular Hbond substituents is 2. The van der Waals surface area contributed by atoms with Gasteiger partial charge in [-0.05, 0) is 54.7 Å². The lowest BCUT2D eigenvalue weighted by Gasteiger charge is -2.17. The molecule has 1 aliphatic rings. The van der Waals surface area contributed by atoms with E-state index in [0.29, 0.717) is 16.7 Å². The predicted molar refractivity (Wildman–Crippen MR) is 85.4 cm³/mol. The molecule has 0 radical (unpaired) electrons. The fraction of sp³-hybridized carbons (Fsp3) is 0.294. The van der Waals surface area contributed by atoms with Gasteiger partial charge in [0.15, 0.2) is 0 Å². The molecule has 3 nitrogen and oxygen atoms in total. The maximum atomic E-state index is 10.2. The van der Waals surface area contributed by atoms with Crippen LogP contribution in [-0.2, 0) is 0 Å². The molecular formula is C17H18ClNO2. The maximum Gasteiger partial charge on any atom is 0.134 e. The minimum atomic E-state index is 0.0514. The zero-order valence-electron chi connectivity index (χ0n) is 12.0. The highest BCUT2D eigenvalue weighted by atomic mass is 35.5. The van der Waals surface area contributed by atoms with Crippen LogP contribution in [0.25, 0.3) is 0 Å². The van der Waals surface area contributed by atoms with E-state index < -0.39 is 0 Å². The third kappa shape index (κ3) is 2.42. The molecule has 0 saturated heterocycles. The topological polar surface area (TPSA) is 52.5 Å². The number of benzene rings is 2. The molecular weight excluding hydrogens is 286 g/mol. The Morgan fingerprint density at radius 1 is 1.10 bits per heavy atom. The number of aromatic hydroxyl groups is 2. The smallest absolute Gasteiger partial charge is 0.134 e. The number of hydrogen-bond donors (Lipinski definition) is 3. The van der Waals surface area contributed by atoms with Crippen molar-refractivity contribution >= 4 is 17.3 Å². The summed E-state index contributed by atoms with van der Waals surface area (Å²) in [5.74, 6) is 0.806. The van der Waals surface area contributed by atoms with E-state index in [1.807, 2.05) is 6.07 Å². The summed E-state index contributed by atoms with van der Waals surface area (Å²) in [4.78, 5) is 0. The van der Waals surface area contributed by atoms with Crippen LogP contribution < -0.4 is 5.32 Å². The molecule has 3 rings (SSSR count). The summed E-state index contributed by atoms with van der Waals surface area (Å²) in [7, 11) is 0. The summed E-state index contributed by atoms with van der Waals surface area (Å²) >= 11 is 5.95. The van der Waals surface area contributed by atoms with Crippen LogP contribution in [0.3, 0.4) is 0 Å². The van der Waals surface area contributed by atoms with Gasteiger partial charge >= 0.3 is 0 Å². The SMILES string of the molecule is Cc1ccc(O)c2c1C(C)CC2Nc1ccc(O)c(Cl)c1. The number of hydrogen-bond acceptors (Lipinski definition) is 3. The van der Waals surface area contributed by atoms with E-state index in [9.17, 15) is 10.2 Å². The molecule has 0 aromatic heterocycles. The Hall–Kier alpha value is -1.87. The van der Waals surface area contributed by atoms with Crippen molar-refractivity contribution in [3.8, 4) is 11.5 Å². The quantitative estimate of drug-likeness (QED) is 0.704. The van der Waals surface area contributed by atoms with Crippen LogP contribution in [0.5, 0.6) is 11.5 Å². The standard InChI is InChI=1S/C17H18ClNO2/c1-9-3-5-15(21)17-13(7-10(2)16(9)17)19-11-4-6-14(20)12(18)8-11/h3-6,8,10,13,19-21H,7H2,1-2H3. The second-order valence-electron chi connectivity index (χ2n) is 5.73. The van der Waals surface area contributed by atoms with E-state index >= 15 is 0 Å². The highest BCUT2D eigenvalue weighted by Crippen LogP contribution is 2.47. The summed E-state index contributed by atoms with van der Waals surface area (Å²) < 4.78 is 0. The lowest BCUT2D eigenvalue weighted by molar-refractivity contribution is 0.465. The van der Waals surface area contributed by atoms with Crippen molar-refractivity contribution in [2.24, 2.45) is 0 Å². The van der Waals surface area contributed by atoms with Crippen molar-refractivity contribution in [3.05, 3.63) is 52.0 Å². The van der Waals surface area contributed by atoms with Gasteiger partial charge in [-0.3, -0.25) is 0 Å². The van der Waals surface area contributed by atoms with Gasteiger partial charge in [-0.2, -0.15) is 0 Å². The van der Waals surface area contributed by atoms with Gasteiger partial charge in [0.05, 0.1) is 11.1 Å². The highest BCUT2D eigenvalue weighted by molar-refractivity contribution is 6.32. The number of aryl methyl sites for hydroxylation is 1. The fourth-order valence-corrected chi connectivity index (χ4v) is 3.45. The average molecular weight is 304 g/mol. The van der Waals surface area contributed by atoms with Crippen LogP contribution in [0.4, 0.5) is 5.69 Å². The maximum absolute atomic E-state index is 10.2. The Morgan fingerprint density at radius 2 is 1.81 bits per heavy atom. The van der Waals surface area contributed by atoms with Crippen LogP contribution in [-0.4, -0.2) is 10.2 Å². The fourth-order valence-electron chi connectivity index (χ4n) is 3.27. The van der Waals surface area contributed by atoms with E-state index in [1.54, 1.807) is 24.3 Å². The Bertz CT molecular complexity index is 699. The van der Waals surface area contributed by atoms with E-state index in [4.69, 9.17) is 11.6 Å². The van der Waals surface area contributed by atoms with Gasteiger partial charge in [0, 0.05) is 11.3 Å². The van der Waals surface area contributed by atoms with E-state index in [0.717, 1.165) is 17.7 Å². The van der Waals surface area contributed by atoms with E-state index in [2.05, 4.69) is 19.2 Å². The summed E-state index contributed by atoms with van der Waals surface area (Å²) in [5.41, 5.74) is 4.26. The molecule has 4 heteroatoms. The minimum absolute atomic E-state index is 0.0514. The summed E-state index contributed by atoms with van der Waals surface area (Å²) in [6, 6.07) is 8.83. The lowest BCUT2D eigenvalue weighted by atomic mass is 9.97. The van der Waals surface area contributed by atoms with Crippen LogP contribution in [0.1, 0.15) is 42.0 Å². The first-order valence-electron chi connectivity index (χ1n) is 7.04. The molecule has 0 heterocycles. The number of nitrogens with one attached hydrogen (secondary N) is 1. The van der Waals surface area contributed by atoms with E-state index in [1.165, 1.54) is 11.1 Å². The summed E-state index contributed by atoms with van der Waals surface area (Å²) in [5, 5.41) is 23.4. The lowest BCUT2D eigenvalue weighted by Crippen LogP contribution is -2.07. The molecule has 2 aromatic rings. The van der Waals surface area contributed by atoms with Gasteiger partial charge < -0.3 is 15.5 Å². The number of anilines is 1. The van der Waals surface area contributed by atoms with Gasteiger partial charge in [0.25, 0.3) is 0 Å². The van der Waals surface area contributed by atoms with Crippen LogP contribution in [0, 0.1) is 6.92 Å². The zero-order valence-corrected chi connectivity index (χ0v) is 12.8. The normalized spacial score (nSPS) is 20.3. The molecule has 1 aliphatic carbocycles. The molecule has 110 valence electrons. The number of phenols is 2. The van der Waals surface area contributed by atoms with Crippen molar-refractivity contribution in [3.63, 3.8) is 0 Å². The third-order valence-electron chi connectivity index (χ3n) is 4.20. The molecule has 2 unspecified atom stereocenters. The molecule has 0 amide bonds. The first kappa shape index (κ1) is 14.1. The van der Waals surface area contributed by atoms with Crippen molar-refractivity contribution in [1.29, 1.82) is 0 Å². The second-order valence-corrected chi connectivity index (χ2v) is 6.14. The Labute approximate surface area is 129 Å². The molecule has 21 heavy (non-hydrogen) atoms. The predicted octanol–water partition coefficient (Wildman–Crippen LogP) is 4.72. The Morgan fingerprint density at radius 3 is 2.52 bits per heavy atom. The van der Waals surface area contributed by atoms with Gasteiger partial charge in [0.2, 0.25) is 0 Å². The van der Waals surface area contributed by atoms with Crippen molar-refractivity contribution in [1.82, 2.24) is 0 Å². The largest absolute Gasteiger partial charge is 0.508 e. The van der Waals surface area contributed by atoms with Gasteiger partial charge in [-0.1, -0.05) is 24.6 Å². The molecule has 0 saturated carbocycles. The van der Waals surface area contributed by atoms with E-state index in [-0.39, 0.29) is 11.8 Å². The first-order chi connectivity index (χ1) is 9.97. The molecule has 2 aromatic carbocycles. The number of halogens is 1. The minimum Gasteiger partial charge on any atom is -0.508 e. The molecule has 0 aliphatic heterocycles. The van der Waals surface area contributed by atoms with Crippen LogP contribution in [0.15, 0.2) is 30.3 Å². The second kappa shape index (κ2) is 5.15. The summed E-state index contributed by atoms with van der Waals surface area (Å²) in [6.07, 6.45) is 0.923. The van der Waals surface area contributed by atoms with Gasteiger partial charge in [-0.15, -0.1) is 0 Å². The average Bonchev–Trinajstić information content (AvgIpc) is 2.76. The molecule has 0 spiro atoms. The highest BCUT2D eigenvalue weighted by Gasteiger charge is 2.32. The van der Waals surface area contributed by atoms with Crippen LogP contribution in [0.2, 0.25) is 5.02 Å². The number of rotatable bonds is 2. The Kier molecular flexibility index (Phi) is 3.46. The zero-order chi connectivity index (χ0) is 15.1. The first-order valence-corrected chi connectivity index (χ1v) is 7.42.